The van der Waals surface area contributed by atoms with E-state index in [2.05, 4.69) is 0 Å². The van der Waals surface area contributed by atoms with E-state index in [-0.39, 0.29) is 0 Å². The van der Waals surface area contributed by atoms with E-state index in [1.807, 2.05) is 45.8 Å². The maximum atomic E-state index is 11.3. The second kappa shape index (κ2) is 7.57. The van der Waals surface area contributed by atoms with Gasteiger partial charge in [0.15, 0.2) is 37.9 Å². The Balaban J connectivity index is 1.71. The molecule has 3 aromatic rings. The van der Waals surface area contributed by atoms with Crippen LogP contribution in [-0.2, 0) is 13.1 Å². The molecule has 6 heteroatoms. The van der Waals surface area contributed by atoms with E-state index in [0.717, 1.165) is 11.1 Å². The normalized spacial score (nSPS) is 10.5. The maximum Gasteiger partial charge on any atom is 0.254 e. The third-order valence-electron chi connectivity index (χ3n) is 4.04. The van der Waals surface area contributed by atoms with Crippen molar-refractivity contribution in [3.63, 3.8) is 0 Å². The van der Waals surface area contributed by atoms with Gasteiger partial charge >= 0.3 is 0 Å². The van der Waals surface area contributed by atoms with Gasteiger partial charge in [-0.2, -0.15) is 9.13 Å². The summed E-state index contributed by atoms with van der Waals surface area (Å²) in [6.07, 6.45) is 7.26. The summed E-state index contributed by atoms with van der Waals surface area (Å²) in [5.41, 5.74) is 13.8. The fourth-order valence-electron chi connectivity index (χ4n) is 2.70. The lowest BCUT2D eigenvalue weighted by molar-refractivity contribution is -0.689. The Morgan fingerprint density at radius 3 is 1.42 bits per heavy atom. The summed E-state index contributed by atoms with van der Waals surface area (Å²) < 4.78 is 3.83. The van der Waals surface area contributed by atoms with Gasteiger partial charge in [0.2, 0.25) is 0 Å². The Hall–Kier alpha value is -3.54. The van der Waals surface area contributed by atoms with Crippen molar-refractivity contribution in [2.75, 3.05) is 0 Å². The van der Waals surface area contributed by atoms with Crippen molar-refractivity contribution in [2.45, 2.75) is 13.1 Å². The summed E-state index contributed by atoms with van der Waals surface area (Å²) >= 11 is 0. The number of carbonyl (C=O) groups excluding carboxylic acids is 2. The Labute approximate surface area is 151 Å². The van der Waals surface area contributed by atoms with Crippen molar-refractivity contribution in [3.8, 4) is 0 Å². The van der Waals surface area contributed by atoms with E-state index in [0.29, 0.717) is 24.2 Å². The number of nitrogens with two attached hydrogens (primary N) is 2. The van der Waals surface area contributed by atoms with Crippen molar-refractivity contribution < 1.29 is 18.7 Å². The first-order valence-electron chi connectivity index (χ1n) is 8.17. The summed E-state index contributed by atoms with van der Waals surface area (Å²) in [5, 5.41) is 0. The van der Waals surface area contributed by atoms with E-state index in [9.17, 15) is 9.59 Å². The number of hydrogen-bond acceptors (Lipinski definition) is 2. The standard InChI is InChI=1S/C20H18N4O2/c21-19(25)17-3-1-9-23(13-17)11-15-5-7-16(8-6-15)12-24-10-2-4-18(14-24)20(22)26/h1-10,13-14H,11-12H2,(H2-2,21,22,25,26)/p+2. The molecule has 4 N–H and O–H groups in total. The average molecular weight is 348 g/mol. The highest BCUT2D eigenvalue weighted by Gasteiger charge is 2.10. The van der Waals surface area contributed by atoms with Crippen LogP contribution >= 0.6 is 0 Å². The summed E-state index contributed by atoms with van der Waals surface area (Å²) in [4.78, 5) is 22.5. The van der Waals surface area contributed by atoms with E-state index in [1.54, 1.807) is 36.7 Å². The molecule has 6 nitrogen and oxygen atoms in total. The fraction of sp³-hybridized carbons (Fsp3) is 0.100. The van der Waals surface area contributed by atoms with Gasteiger partial charge in [-0.25, -0.2) is 0 Å². The van der Waals surface area contributed by atoms with Gasteiger partial charge in [0, 0.05) is 23.3 Å². The van der Waals surface area contributed by atoms with Crippen molar-refractivity contribution in [3.05, 3.63) is 95.6 Å². The minimum absolute atomic E-state index is 0.440. The van der Waals surface area contributed by atoms with Gasteiger partial charge in [-0.1, -0.05) is 24.3 Å². The SMILES string of the molecule is NC(=O)c1ccc[n+](Cc2ccc(C[n+]3cccc(C(N)=O)c3)cc2)c1. The second-order valence-electron chi connectivity index (χ2n) is 6.07. The van der Waals surface area contributed by atoms with Crippen LogP contribution in [0.4, 0.5) is 0 Å². The Morgan fingerprint density at radius 1 is 0.692 bits per heavy atom. The molecule has 0 aliphatic carbocycles. The Bertz CT molecular complexity index is 874. The number of nitrogens with zero attached hydrogens (tertiary/aromatic N) is 2. The molecule has 0 saturated heterocycles. The van der Waals surface area contributed by atoms with Crippen LogP contribution in [0.15, 0.2) is 73.3 Å². The largest absolute Gasteiger partial charge is 0.365 e. The zero-order chi connectivity index (χ0) is 18.5. The molecule has 130 valence electrons. The van der Waals surface area contributed by atoms with Crippen LogP contribution < -0.4 is 20.6 Å². The first kappa shape index (κ1) is 17.3. The maximum absolute atomic E-state index is 11.3. The number of amides is 2. The lowest BCUT2D eigenvalue weighted by Crippen LogP contribution is -2.35. The molecular weight excluding hydrogens is 328 g/mol. The number of pyridine rings is 2. The van der Waals surface area contributed by atoms with E-state index < -0.39 is 11.8 Å². The van der Waals surface area contributed by atoms with Crippen LogP contribution in [0.5, 0.6) is 0 Å². The third kappa shape index (κ3) is 4.30. The number of carbonyl (C=O) groups is 2. The van der Waals surface area contributed by atoms with Gasteiger partial charge in [-0.15, -0.1) is 0 Å². The van der Waals surface area contributed by atoms with Gasteiger partial charge < -0.3 is 11.5 Å². The molecule has 0 bridgehead atoms. The molecule has 0 atom stereocenters. The number of rotatable bonds is 6. The minimum atomic E-state index is -0.440. The van der Waals surface area contributed by atoms with Crippen LogP contribution in [0.3, 0.4) is 0 Å². The fourth-order valence-corrected chi connectivity index (χ4v) is 2.70. The van der Waals surface area contributed by atoms with Crippen molar-refractivity contribution >= 4 is 11.8 Å². The number of hydrogen-bond donors (Lipinski definition) is 2. The molecule has 0 unspecified atom stereocenters. The van der Waals surface area contributed by atoms with Gasteiger partial charge in [0.05, 0.1) is 0 Å². The van der Waals surface area contributed by atoms with Crippen LogP contribution in [0.25, 0.3) is 0 Å². The van der Waals surface area contributed by atoms with E-state index >= 15 is 0 Å². The molecule has 2 amide bonds. The van der Waals surface area contributed by atoms with Crippen LogP contribution in [0.1, 0.15) is 31.8 Å². The number of aromatic nitrogens is 2. The summed E-state index contributed by atoms with van der Waals surface area (Å²) in [5.74, 6) is -0.880. The first-order chi connectivity index (χ1) is 12.5. The van der Waals surface area contributed by atoms with E-state index in [4.69, 9.17) is 11.5 Å². The summed E-state index contributed by atoms with van der Waals surface area (Å²) in [6.45, 7) is 1.29. The zero-order valence-corrected chi connectivity index (χ0v) is 14.2. The molecule has 0 radical (unpaired) electrons. The number of benzene rings is 1. The van der Waals surface area contributed by atoms with Gasteiger partial charge in [-0.3, -0.25) is 9.59 Å². The molecule has 0 fully saturated rings. The summed E-state index contributed by atoms with van der Waals surface area (Å²) in [7, 11) is 0. The predicted octanol–water partition coefficient (Wildman–Crippen LogP) is 0.556. The summed E-state index contributed by atoms with van der Waals surface area (Å²) in [6, 6.07) is 15.2. The molecule has 3 rings (SSSR count). The highest BCUT2D eigenvalue weighted by Crippen LogP contribution is 2.05. The molecular formula is C20H20N4O2+2. The number of primary amides is 2. The predicted molar refractivity (Wildman–Crippen MR) is 95.0 cm³/mol. The van der Waals surface area contributed by atoms with Crippen molar-refractivity contribution in [1.29, 1.82) is 0 Å². The van der Waals surface area contributed by atoms with E-state index in [1.165, 1.54) is 0 Å². The Kier molecular flexibility index (Phi) is 5.03. The third-order valence-corrected chi connectivity index (χ3v) is 4.04. The first-order valence-corrected chi connectivity index (χ1v) is 8.17. The smallest absolute Gasteiger partial charge is 0.254 e. The molecule has 26 heavy (non-hydrogen) atoms. The topological polar surface area (TPSA) is 93.9 Å². The van der Waals surface area contributed by atoms with Gasteiger partial charge in [0.25, 0.3) is 11.8 Å². The molecule has 1 aromatic carbocycles. The zero-order valence-electron chi connectivity index (χ0n) is 14.2. The molecule has 0 spiro atoms. The molecule has 2 aromatic heterocycles. The minimum Gasteiger partial charge on any atom is -0.365 e. The van der Waals surface area contributed by atoms with Crippen LogP contribution in [0.2, 0.25) is 0 Å². The van der Waals surface area contributed by atoms with Crippen molar-refractivity contribution in [2.24, 2.45) is 11.5 Å². The van der Waals surface area contributed by atoms with Gasteiger partial charge in [-0.05, 0) is 12.1 Å². The van der Waals surface area contributed by atoms with Crippen LogP contribution in [0, 0.1) is 0 Å². The average Bonchev–Trinajstić information content (AvgIpc) is 2.64. The highest BCUT2D eigenvalue weighted by atomic mass is 16.1. The van der Waals surface area contributed by atoms with Crippen molar-refractivity contribution in [1.82, 2.24) is 0 Å². The highest BCUT2D eigenvalue weighted by molar-refractivity contribution is 5.92. The van der Waals surface area contributed by atoms with Gasteiger partial charge in [0.1, 0.15) is 11.1 Å². The monoisotopic (exact) mass is 348 g/mol. The quantitative estimate of drug-likeness (QED) is 0.637. The van der Waals surface area contributed by atoms with Crippen LogP contribution in [-0.4, -0.2) is 11.8 Å². The lowest BCUT2D eigenvalue weighted by Gasteiger charge is -2.02. The molecule has 0 aliphatic heterocycles. The Morgan fingerprint density at radius 2 is 1.08 bits per heavy atom. The molecule has 0 saturated carbocycles. The molecule has 2 heterocycles. The molecule has 0 aliphatic rings. The lowest BCUT2D eigenvalue weighted by atomic mass is 10.1. The second-order valence-corrected chi connectivity index (χ2v) is 6.07.